The number of hydrazine groups is 1. The second kappa shape index (κ2) is 7.16. The SMILES string of the molecule is CCOC(=O)N1[C@H](c2cccc(O)c2)[C@H]2COc3ccc(F)cc3C2N1C(N)=O. The van der Waals surface area contributed by atoms with Crippen molar-refractivity contribution in [2.45, 2.75) is 19.0 Å². The molecule has 1 fully saturated rings. The number of hydrogen-bond donors (Lipinski definition) is 2. The Kier molecular flexibility index (Phi) is 4.65. The van der Waals surface area contributed by atoms with E-state index in [9.17, 15) is 19.1 Å². The van der Waals surface area contributed by atoms with Crippen molar-refractivity contribution in [3.05, 3.63) is 59.4 Å². The van der Waals surface area contributed by atoms with Crippen molar-refractivity contribution >= 4 is 12.1 Å². The Morgan fingerprint density at radius 3 is 2.72 bits per heavy atom. The Labute approximate surface area is 166 Å². The molecule has 3 atom stereocenters. The van der Waals surface area contributed by atoms with Crippen molar-refractivity contribution in [3.8, 4) is 11.5 Å². The van der Waals surface area contributed by atoms with Gasteiger partial charge in [-0.05, 0) is 42.8 Å². The van der Waals surface area contributed by atoms with E-state index in [4.69, 9.17) is 15.2 Å². The number of fused-ring (bicyclic) bond motifs is 3. The summed E-state index contributed by atoms with van der Waals surface area (Å²) in [4.78, 5) is 25.3. The Bertz CT molecular complexity index is 969. The topological polar surface area (TPSA) is 105 Å². The minimum absolute atomic E-state index is 0.00329. The number of carbonyl (C=O) groups excluding carboxylic acids is 2. The van der Waals surface area contributed by atoms with Gasteiger partial charge in [0.25, 0.3) is 0 Å². The van der Waals surface area contributed by atoms with E-state index in [2.05, 4.69) is 0 Å². The number of rotatable bonds is 2. The van der Waals surface area contributed by atoms with Crippen molar-refractivity contribution < 1.29 is 28.6 Å². The first-order valence-corrected chi connectivity index (χ1v) is 9.18. The van der Waals surface area contributed by atoms with E-state index in [1.54, 1.807) is 19.1 Å². The number of ether oxygens (including phenoxy) is 2. The average Bonchev–Trinajstić information content (AvgIpc) is 3.04. The number of benzene rings is 2. The minimum atomic E-state index is -0.882. The van der Waals surface area contributed by atoms with Gasteiger partial charge < -0.3 is 20.3 Å². The maximum absolute atomic E-state index is 14.0. The lowest BCUT2D eigenvalue weighted by molar-refractivity contribution is 0.00690. The number of hydrogen-bond acceptors (Lipinski definition) is 5. The largest absolute Gasteiger partial charge is 0.508 e. The summed E-state index contributed by atoms with van der Waals surface area (Å²) in [7, 11) is 0. The van der Waals surface area contributed by atoms with Crippen molar-refractivity contribution in [2.24, 2.45) is 11.7 Å². The number of halogens is 1. The number of primary amides is 1. The van der Waals surface area contributed by atoms with Gasteiger partial charge in [-0.2, -0.15) is 0 Å². The highest BCUT2D eigenvalue weighted by Gasteiger charge is 2.56. The van der Waals surface area contributed by atoms with Crippen LogP contribution in [0.3, 0.4) is 0 Å². The van der Waals surface area contributed by atoms with Crippen LogP contribution in [-0.2, 0) is 4.74 Å². The lowest BCUT2D eigenvalue weighted by Gasteiger charge is -2.33. The average molecular weight is 401 g/mol. The molecule has 0 spiro atoms. The van der Waals surface area contributed by atoms with Crippen LogP contribution in [0.4, 0.5) is 14.0 Å². The second-order valence-electron chi connectivity index (χ2n) is 6.87. The Balaban J connectivity index is 1.90. The van der Waals surface area contributed by atoms with Crippen molar-refractivity contribution in [2.75, 3.05) is 13.2 Å². The molecule has 2 aliphatic heterocycles. The van der Waals surface area contributed by atoms with Crippen LogP contribution in [0.5, 0.6) is 11.5 Å². The molecule has 2 aromatic rings. The van der Waals surface area contributed by atoms with E-state index in [0.717, 1.165) is 10.0 Å². The molecule has 0 aromatic heterocycles. The van der Waals surface area contributed by atoms with Gasteiger partial charge in [0.1, 0.15) is 17.3 Å². The van der Waals surface area contributed by atoms with Crippen molar-refractivity contribution in [1.82, 2.24) is 10.0 Å². The number of phenols is 1. The number of aromatic hydroxyl groups is 1. The highest BCUT2D eigenvalue weighted by Crippen LogP contribution is 2.53. The molecule has 0 radical (unpaired) electrons. The standard InChI is InChI=1S/C20H20FN3O5/c1-2-28-20(27)24-17(11-4-3-5-13(25)8-11)15-10-29-16-7-6-12(21)9-14(16)18(15)23(24)19(22)26/h3-9,15,17-18,25H,2,10H2,1H3,(H2,22,26)/t15-,17-,18?/m1/s1. The molecule has 0 bridgehead atoms. The van der Waals surface area contributed by atoms with Crippen LogP contribution >= 0.6 is 0 Å². The van der Waals surface area contributed by atoms with Crippen LogP contribution in [-0.4, -0.2) is 40.5 Å². The van der Waals surface area contributed by atoms with E-state index < -0.39 is 35.9 Å². The highest BCUT2D eigenvalue weighted by atomic mass is 19.1. The number of urea groups is 1. The summed E-state index contributed by atoms with van der Waals surface area (Å²) >= 11 is 0. The van der Waals surface area contributed by atoms with Gasteiger partial charge >= 0.3 is 12.1 Å². The molecule has 2 aromatic carbocycles. The summed E-state index contributed by atoms with van der Waals surface area (Å²) < 4.78 is 25.0. The summed E-state index contributed by atoms with van der Waals surface area (Å²) in [5, 5.41) is 12.2. The normalized spacial score (nSPS) is 22.5. The van der Waals surface area contributed by atoms with E-state index in [-0.39, 0.29) is 19.0 Å². The summed E-state index contributed by atoms with van der Waals surface area (Å²) in [6.45, 7) is 1.89. The summed E-state index contributed by atoms with van der Waals surface area (Å²) in [6.07, 6.45) is -0.771. The first-order valence-electron chi connectivity index (χ1n) is 9.18. The highest BCUT2D eigenvalue weighted by molar-refractivity contribution is 5.79. The third kappa shape index (κ3) is 3.08. The van der Waals surface area contributed by atoms with E-state index in [1.165, 1.54) is 30.3 Å². The summed E-state index contributed by atoms with van der Waals surface area (Å²) in [6, 6.07) is 8.04. The van der Waals surface area contributed by atoms with Crippen LogP contribution in [0.25, 0.3) is 0 Å². The smallest absolute Gasteiger partial charge is 0.429 e. The van der Waals surface area contributed by atoms with E-state index >= 15 is 0 Å². The van der Waals surface area contributed by atoms with Crippen LogP contribution in [0.1, 0.15) is 30.1 Å². The Morgan fingerprint density at radius 1 is 1.24 bits per heavy atom. The maximum atomic E-state index is 14.0. The minimum Gasteiger partial charge on any atom is -0.508 e. The quantitative estimate of drug-likeness (QED) is 0.805. The number of nitrogens with zero attached hydrogens (tertiary/aromatic N) is 2. The first kappa shape index (κ1) is 18.9. The van der Waals surface area contributed by atoms with Gasteiger partial charge in [0.15, 0.2) is 0 Å². The maximum Gasteiger partial charge on any atom is 0.429 e. The molecule has 1 unspecified atom stereocenters. The van der Waals surface area contributed by atoms with E-state index in [1.807, 2.05) is 0 Å². The third-order valence-electron chi connectivity index (χ3n) is 5.18. The third-order valence-corrected chi connectivity index (χ3v) is 5.18. The monoisotopic (exact) mass is 401 g/mol. The fraction of sp³-hybridized carbons (Fsp3) is 0.300. The molecule has 8 nitrogen and oxygen atoms in total. The summed E-state index contributed by atoms with van der Waals surface area (Å²) in [5.74, 6) is -0.535. The molecular formula is C20H20FN3O5. The van der Waals surface area contributed by atoms with Gasteiger partial charge in [0, 0.05) is 11.5 Å². The predicted molar refractivity (Wildman–Crippen MR) is 99.3 cm³/mol. The van der Waals surface area contributed by atoms with Gasteiger partial charge in [0.05, 0.1) is 25.3 Å². The lowest BCUT2D eigenvalue weighted by Crippen LogP contribution is -2.49. The lowest BCUT2D eigenvalue weighted by atomic mass is 9.84. The zero-order valence-electron chi connectivity index (χ0n) is 15.6. The van der Waals surface area contributed by atoms with Crippen molar-refractivity contribution in [1.29, 1.82) is 0 Å². The molecule has 9 heteroatoms. The van der Waals surface area contributed by atoms with Gasteiger partial charge in [-0.3, -0.25) is 0 Å². The number of phenolic OH excluding ortho intramolecular Hbond substituents is 1. The van der Waals surface area contributed by atoms with Crippen LogP contribution in [0, 0.1) is 11.7 Å². The first-order chi connectivity index (χ1) is 13.9. The molecule has 152 valence electrons. The summed E-state index contributed by atoms with van der Waals surface area (Å²) in [5.41, 5.74) is 6.63. The fourth-order valence-electron chi connectivity index (χ4n) is 4.15. The Hall–Kier alpha value is -3.49. The Morgan fingerprint density at radius 2 is 2.03 bits per heavy atom. The van der Waals surface area contributed by atoms with Crippen molar-refractivity contribution in [3.63, 3.8) is 0 Å². The molecule has 29 heavy (non-hydrogen) atoms. The predicted octanol–water partition coefficient (Wildman–Crippen LogP) is 3.09. The van der Waals surface area contributed by atoms with Gasteiger partial charge in [-0.25, -0.2) is 24.0 Å². The molecule has 3 N–H and O–H groups in total. The zero-order chi connectivity index (χ0) is 20.7. The van der Waals surface area contributed by atoms with Gasteiger partial charge in [-0.1, -0.05) is 12.1 Å². The number of nitrogens with two attached hydrogens (primary N) is 1. The van der Waals surface area contributed by atoms with Crippen LogP contribution < -0.4 is 10.5 Å². The molecule has 2 heterocycles. The molecular weight excluding hydrogens is 381 g/mol. The molecule has 3 amide bonds. The van der Waals surface area contributed by atoms with E-state index in [0.29, 0.717) is 16.9 Å². The zero-order valence-corrected chi connectivity index (χ0v) is 15.6. The molecule has 0 aliphatic carbocycles. The second-order valence-corrected chi connectivity index (χ2v) is 6.87. The van der Waals surface area contributed by atoms with Crippen LogP contribution in [0.2, 0.25) is 0 Å². The fourth-order valence-corrected chi connectivity index (χ4v) is 4.15. The van der Waals surface area contributed by atoms with Crippen LogP contribution in [0.15, 0.2) is 42.5 Å². The number of carbonyl (C=O) groups is 2. The number of amides is 3. The molecule has 0 saturated carbocycles. The molecule has 2 aliphatic rings. The molecule has 4 rings (SSSR count). The van der Waals surface area contributed by atoms with Gasteiger partial charge in [-0.15, -0.1) is 0 Å². The molecule has 1 saturated heterocycles. The van der Waals surface area contributed by atoms with Gasteiger partial charge in [0.2, 0.25) is 0 Å².